The van der Waals surface area contributed by atoms with Gasteiger partial charge in [-0.15, -0.1) is 11.3 Å². The van der Waals surface area contributed by atoms with Crippen molar-refractivity contribution in [2.45, 2.75) is 31.7 Å². The SMILES string of the molecule is Cc1ccsc1C(=O)NC1(c2ncc(C(=O)O)[nH]2)CCC1. The zero-order valence-electron chi connectivity index (χ0n) is 11.5. The highest BCUT2D eigenvalue weighted by Crippen LogP contribution is 2.40. The van der Waals surface area contributed by atoms with E-state index in [9.17, 15) is 9.59 Å². The van der Waals surface area contributed by atoms with Crippen molar-refractivity contribution in [1.29, 1.82) is 0 Å². The fraction of sp³-hybridized carbons (Fsp3) is 0.357. The Kier molecular flexibility index (Phi) is 3.29. The highest BCUT2D eigenvalue weighted by atomic mass is 32.1. The zero-order chi connectivity index (χ0) is 15.0. The fourth-order valence-electron chi connectivity index (χ4n) is 2.50. The van der Waals surface area contributed by atoms with E-state index in [1.165, 1.54) is 17.5 Å². The highest BCUT2D eigenvalue weighted by molar-refractivity contribution is 7.12. The lowest BCUT2D eigenvalue weighted by atomic mass is 9.76. The van der Waals surface area contributed by atoms with Gasteiger partial charge in [0.1, 0.15) is 11.5 Å². The minimum absolute atomic E-state index is 0.0397. The maximum Gasteiger partial charge on any atom is 0.353 e. The minimum Gasteiger partial charge on any atom is -0.477 e. The molecule has 3 rings (SSSR count). The summed E-state index contributed by atoms with van der Waals surface area (Å²) in [5.41, 5.74) is 0.414. The van der Waals surface area contributed by atoms with Crippen LogP contribution in [0.2, 0.25) is 0 Å². The van der Waals surface area contributed by atoms with Gasteiger partial charge in [0.25, 0.3) is 5.91 Å². The molecule has 0 atom stereocenters. The minimum atomic E-state index is -1.05. The van der Waals surface area contributed by atoms with Gasteiger partial charge in [-0.1, -0.05) is 0 Å². The highest BCUT2D eigenvalue weighted by Gasteiger charge is 2.43. The summed E-state index contributed by atoms with van der Waals surface area (Å²) in [6.45, 7) is 1.90. The van der Waals surface area contributed by atoms with Gasteiger partial charge >= 0.3 is 5.97 Å². The lowest BCUT2D eigenvalue weighted by molar-refractivity contribution is 0.0690. The number of aromatic carboxylic acids is 1. The van der Waals surface area contributed by atoms with Gasteiger partial charge in [0, 0.05) is 0 Å². The molecule has 0 radical (unpaired) electrons. The van der Waals surface area contributed by atoms with Crippen LogP contribution in [0.25, 0.3) is 0 Å². The Bertz CT molecular complexity index is 700. The molecular formula is C14H15N3O3S. The second-order valence-corrected chi connectivity index (χ2v) is 6.19. The van der Waals surface area contributed by atoms with Crippen LogP contribution >= 0.6 is 11.3 Å². The molecule has 6 nitrogen and oxygen atoms in total. The summed E-state index contributed by atoms with van der Waals surface area (Å²) >= 11 is 1.40. The first kappa shape index (κ1) is 13.8. The van der Waals surface area contributed by atoms with Crippen molar-refractivity contribution >= 4 is 23.2 Å². The van der Waals surface area contributed by atoms with Crippen LogP contribution in [0.5, 0.6) is 0 Å². The molecule has 0 aromatic carbocycles. The summed E-state index contributed by atoms with van der Waals surface area (Å²) in [6.07, 6.45) is 3.79. The molecule has 2 heterocycles. The van der Waals surface area contributed by atoms with Crippen molar-refractivity contribution in [3.8, 4) is 0 Å². The van der Waals surface area contributed by atoms with Gasteiger partial charge in [0.15, 0.2) is 0 Å². The van der Waals surface area contributed by atoms with Crippen LogP contribution < -0.4 is 5.32 Å². The summed E-state index contributed by atoms with van der Waals surface area (Å²) < 4.78 is 0. The molecule has 0 bridgehead atoms. The molecule has 1 fully saturated rings. The lowest BCUT2D eigenvalue weighted by Crippen LogP contribution is -2.51. The number of carbonyl (C=O) groups excluding carboxylic acids is 1. The number of amides is 1. The van der Waals surface area contributed by atoms with Crippen LogP contribution in [-0.2, 0) is 5.54 Å². The Balaban J connectivity index is 1.85. The van der Waals surface area contributed by atoms with E-state index in [1.807, 2.05) is 18.4 Å². The lowest BCUT2D eigenvalue weighted by Gasteiger charge is -2.40. The number of carboxylic acids is 1. The summed E-state index contributed by atoms with van der Waals surface area (Å²) in [5.74, 6) is -0.659. The Labute approximate surface area is 125 Å². The monoisotopic (exact) mass is 305 g/mol. The first-order valence-electron chi connectivity index (χ1n) is 6.67. The molecule has 0 saturated heterocycles. The van der Waals surface area contributed by atoms with Gasteiger partial charge in [-0.3, -0.25) is 4.79 Å². The van der Waals surface area contributed by atoms with E-state index in [0.717, 1.165) is 24.8 Å². The van der Waals surface area contributed by atoms with Crippen molar-refractivity contribution in [1.82, 2.24) is 15.3 Å². The first-order chi connectivity index (χ1) is 10.0. The van der Waals surface area contributed by atoms with Crippen LogP contribution in [-0.4, -0.2) is 27.0 Å². The van der Waals surface area contributed by atoms with E-state index >= 15 is 0 Å². The quantitative estimate of drug-likeness (QED) is 0.807. The average Bonchev–Trinajstić information content (AvgIpc) is 3.02. The first-order valence-corrected chi connectivity index (χ1v) is 7.55. The molecule has 0 spiro atoms. The number of aromatic nitrogens is 2. The second-order valence-electron chi connectivity index (χ2n) is 5.27. The van der Waals surface area contributed by atoms with Gasteiger partial charge < -0.3 is 15.4 Å². The molecule has 3 N–H and O–H groups in total. The normalized spacial score (nSPS) is 16.2. The number of imidazole rings is 1. The van der Waals surface area contributed by atoms with E-state index in [4.69, 9.17) is 5.11 Å². The predicted molar refractivity (Wildman–Crippen MR) is 77.6 cm³/mol. The average molecular weight is 305 g/mol. The van der Waals surface area contributed by atoms with E-state index in [-0.39, 0.29) is 11.6 Å². The summed E-state index contributed by atoms with van der Waals surface area (Å²) in [6, 6.07) is 1.91. The van der Waals surface area contributed by atoms with Crippen LogP contribution in [0.1, 0.15) is 50.8 Å². The van der Waals surface area contributed by atoms with E-state index < -0.39 is 11.5 Å². The number of rotatable bonds is 4. The molecule has 1 aliphatic rings. The summed E-state index contributed by atoms with van der Waals surface area (Å²) in [7, 11) is 0. The molecule has 1 aliphatic carbocycles. The predicted octanol–water partition coefficient (Wildman–Crippen LogP) is 2.29. The smallest absolute Gasteiger partial charge is 0.353 e. The number of aromatic amines is 1. The van der Waals surface area contributed by atoms with Crippen molar-refractivity contribution < 1.29 is 14.7 Å². The third kappa shape index (κ3) is 2.33. The number of carbonyl (C=O) groups is 2. The number of nitrogens with zero attached hydrogens (tertiary/aromatic N) is 1. The third-order valence-electron chi connectivity index (χ3n) is 3.89. The van der Waals surface area contributed by atoms with Gasteiger partial charge in [0.2, 0.25) is 0 Å². The summed E-state index contributed by atoms with van der Waals surface area (Å²) in [5, 5.41) is 13.9. The van der Waals surface area contributed by atoms with E-state index in [1.54, 1.807) is 0 Å². The zero-order valence-corrected chi connectivity index (χ0v) is 12.3. The topological polar surface area (TPSA) is 95.1 Å². The number of hydrogen-bond donors (Lipinski definition) is 3. The van der Waals surface area contributed by atoms with E-state index in [2.05, 4.69) is 15.3 Å². The van der Waals surface area contributed by atoms with Gasteiger partial charge in [-0.25, -0.2) is 9.78 Å². The number of H-pyrrole nitrogens is 1. The van der Waals surface area contributed by atoms with Crippen molar-refractivity contribution in [3.63, 3.8) is 0 Å². The van der Waals surface area contributed by atoms with Crippen LogP contribution in [0.4, 0.5) is 0 Å². The number of nitrogens with one attached hydrogen (secondary N) is 2. The fourth-order valence-corrected chi connectivity index (χ4v) is 3.32. The number of thiophene rings is 1. The number of aryl methyl sites for hydroxylation is 1. The summed E-state index contributed by atoms with van der Waals surface area (Å²) in [4.78, 5) is 31.0. The van der Waals surface area contributed by atoms with Crippen LogP contribution in [0.15, 0.2) is 17.6 Å². The number of hydrogen-bond acceptors (Lipinski definition) is 4. The standard InChI is InChI=1S/C14H15N3O3S/c1-8-3-6-21-10(8)11(18)17-14(4-2-5-14)13-15-7-9(16-13)12(19)20/h3,6-7H,2,4-5H2,1H3,(H,15,16)(H,17,18)(H,19,20). The molecule has 110 valence electrons. The Morgan fingerprint density at radius 3 is 2.71 bits per heavy atom. The molecule has 2 aromatic rings. The molecule has 21 heavy (non-hydrogen) atoms. The maximum atomic E-state index is 12.4. The van der Waals surface area contributed by atoms with Crippen LogP contribution in [0.3, 0.4) is 0 Å². The molecule has 1 amide bonds. The molecule has 1 saturated carbocycles. The van der Waals surface area contributed by atoms with Gasteiger partial charge in [-0.2, -0.15) is 0 Å². The molecule has 2 aromatic heterocycles. The Hall–Kier alpha value is -2.15. The Morgan fingerprint density at radius 1 is 1.48 bits per heavy atom. The molecule has 0 aliphatic heterocycles. The maximum absolute atomic E-state index is 12.4. The third-order valence-corrected chi connectivity index (χ3v) is 4.90. The second kappa shape index (κ2) is 5.00. The molecule has 7 heteroatoms. The molecular weight excluding hydrogens is 290 g/mol. The largest absolute Gasteiger partial charge is 0.477 e. The molecule has 0 unspecified atom stereocenters. The number of carboxylic acid groups (broad SMARTS) is 1. The van der Waals surface area contributed by atoms with Crippen molar-refractivity contribution in [2.24, 2.45) is 0 Å². The van der Waals surface area contributed by atoms with Gasteiger partial charge in [-0.05, 0) is 43.2 Å². The van der Waals surface area contributed by atoms with Crippen molar-refractivity contribution in [3.05, 3.63) is 39.6 Å². The van der Waals surface area contributed by atoms with E-state index in [0.29, 0.717) is 10.7 Å². The van der Waals surface area contributed by atoms with Crippen LogP contribution in [0, 0.1) is 6.92 Å². The van der Waals surface area contributed by atoms with Crippen molar-refractivity contribution in [2.75, 3.05) is 0 Å². The van der Waals surface area contributed by atoms with Gasteiger partial charge in [0.05, 0.1) is 16.6 Å². The Morgan fingerprint density at radius 2 is 2.24 bits per heavy atom.